The fourth-order valence-electron chi connectivity index (χ4n) is 1.02. The Bertz CT molecular complexity index is 379. The maximum absolute atomic E-state index is 11.3. The molecule has 0 aromatic heterocycles. The molecule has 0 aliphatic rings. The van der Waals surface area contributed by atoms with Crippen LogP contribution in [0.3, 0.4) is 0 Å². The number of rotatable bonds is 2. The van der Waals surface area contributed by atoms with Gasteiger partial charge in [0.25, 0.3) is 0 Å². The van der Waals surface area contributed by atoms with Crippen LogP contribution in [-0.2, 0) is 0 Å². The van der Waals surface area contributed by atoms with Gasteiger partial charge < -0.3 is 0 Å². The molecule has 0 amide bonds. The third-order valence-electron chi connectivity index (χ3n) is 1.75. The number of carbonyl (C=O) groups excluding carboxylic acids is 1. The van der Waals surface area contributed by atoms with Crippen molar-refractivity contribution in [1.82, 2.24) is 0 Å². The molecule has 0 saturated carbocycles. The maximum Gasteiger partial charge on any atom is 0.163 e. The minimum absolute atomic E-state index is 0.0158. The molecule has 0 heterocycles. The van der Waals surface area contributed by atoms with Crippen molar-refractivity contribution in [2.24, 2.45) is 0 Å². The van der Waals surface area contributed by atoms with Gasteiger partial charge in [-0.3, -0.25) is 4.79 Å². The van der Waals surface area contributed by atoms with Crippen molar-refractivity contribution >= 4 is 18.4 Å². The van der Waals surface area contributed by atoms with Crippen LogP contribution >= 0.6 is 12.6 Å². The van der Waals surface area contributed by atoms with Gasteiger partial charge >= 0.3 is 0 Å². The summed E-state index contributed by atoms with van der Waals surface area (Å²) in [4.78, 5) is 12.0. The van der Waals surface area contributed by atoms with E-state index in [0.29, 0.717) is 22.4 Å². The number of thiol groups is 1. The Morgan fingerprint density at radius 2 is 2.31 bits per heavy atom. The van der Waals surface area contributed by atoms with E-state index in [4.69, 9.17) is 5.26 Å². The second-order valence-electron chi connectivity index (χ2n) is 2.62. The van der Waals surface area contributed by atoms with E-state index in [9.17, 15) is 4.79 Å². The van der Waals surface area contributed by atoms with Crippen LogP contribution in [-0.4, -0.2) is 5.78 Å². The Morgan fingerprint density at radius 1 is 1.62 bits per heavy atom. The highest BCUT2D eigenvalue weighted by atomic mass is 32.1. The molecule has 0 unspecified atom stereocenters. The number of carbonyl (C=O) groups is 1. The molecule has 0 bridgehead atoms. The molecule has 0 fully saturated rings. The van der Waals surface area contributed by atoms with Gasteiger partial charge in [0, 0.05) is 16.9 Å². The summed E-state index contributed by atoms with van der Waals surface area (Å²) >= 11 is 4.15. The molecule has 0 N–H and O–H groups in total. The standard InChI is InChI=1S/C10H9NOS/c1-2-9(12)8-5-7(6-11)3-4-10(8)13/h3-5,13H,2H2,1H3. The smallest absolute Gasteiger partial charge is 0.163 e. The first kappa shape index (κ1) is 9.82. The fraction of sp³-hybridized carbons (Fsp3) is 0.200. The maximum atomic E-state index is 11.3. The van der Waals surface area contributed by atoms with E-state index < -0.39 is 0 Å². The van der Waals surface area contributed by atoms with E-state index in [2.05, 4.69) is 12.6 Å². The number of ketones is 1. The van der Waals surface area contributed by atoms with Crippen LogP contribution in [0.2, 0.25) is 0 Å². The number of Topliss-reactive ketones (excluding diaryl/α,β-unsaturated/α-hetero) is 1. The van der Waals surface area contributed by atoms with Crippen LogP contribution < -0.4 is 0 Å². The van der Waals surface area contributed by atoms with Crippen LogP contribution in [0.1, 0.15) is 29.3 Å². The third kappa shape index (κ3) is 2.10. The van der Waals surface area contributed by atoms with Gasteiger partial charge in [-0.2, -0.15) is 5.26 Å². The van der Waals surface area contributed by atoms with E-state index in [-0.39, 0.29) is 5.78 Å². The zero-order chi connectivity index (χ0) is 9.84. The quantitative estimate of drug-likeness (QED) is 0.576. The molecule has 13 heavy (non-hydrogen) atoms. The molecule has 0 radical (unpaired) electrons. The van der Waals surface area contributed by atoms with E-state index in [0.717, 1.165) is 0 Å². The predicted octanol–water partition coefficient (Wildman–Crippen LogP) is 2.44. The monoisotopic (exact) mass is 191 g/mol. The average molecular weight is 191 g/mol. The van der Waals surface area contributed by atoms with Crippen molar-refractivity contribution in [2.75, 3.05) is 0 Å². The van der Waals surface area contributed by atoms with E-state index in [1.54, 1.807) is 25.1 Å². The van der Waals surface area contributed by atoms with E-state index in [1.807, 2.05) is 6.07 Å². The first-order valence-electron chi connectivity index (χ1n) is 3.95. The van der Waals surface area contributed by atoms with E-state index >= 15 is 0 Å². The molecule has 66 valence electrons. The third-order valence-corrected chi connectivity index (χ3v) is 2.14. The van der Waals surface area contributed by atoms with Crippen LogP contribution in [0.4, 0.5) is 0 Å². The summed E-state index contributed by atoms with van der Waals surface area (Å²) in [6.45, 7) is 1.79. The lowest BCUT2D eigenvalue weighted by atomic mass is 10.1. The molecule has 0 aliphatic heterocycles. The molecule has 0 spiro atoms. The van der Waals surface area contributed by atoms with Crippen LogP contribution in [0.25, 0.3) is 0 Å². The molecule has 1 aromatic rings. The Morgan fingerprint density at radius 3 is 2.85 bits per heavy atom. The van der Waals surface area contributed by atoms with Gasteiger partial charge in [0.15, 0.2) is 5.78 Å². The normalized spacial score (nSPS) is 9.31. The Kier molecular flexibility index (Phi) is 3.10. The lowest BCUT2D eigenvalue weighted by Crippen LogP contribution is -1.98. The summed E-state index contributed by atoms with van der Waals surface area (Å²) < 4.78 is 0. The van der Waals surface area contributed by atoms with Gasteiger partial charge in [-0.15, -0.1) is 12.6 Å². The predicted molar refractivity (Wildman–Crippen MR) is 53.0 cm³/mol. The highest BCUT2D eigenvalue weighted by molar-refractivity contribution is 7.80. The summed E-state index contributed by atoms with van der Waals surface area (Å²) in [5, 5.41) is 8.62. The number of hydrogen-bond acceptors (Lipinski definition) is 3. The molecule has 0 saturated heterocycles. The van der Waals surface area contributed by atoms with Gasteiger partial charge in [0.05, 0.1) is 11.6 Å². The Labute approximate surface area is 82.6 Å². The van der Waals surface area contributed by atoms with Gasteiger partial charge in [-0.1, -0.05) is 6.92 Å². The second-order valence-corrected chi connectivity index (χ2v) is 3.10. The number of benzene rings is 1. The molecular formula is C10H9NOS. The zero-order valence-corrected chi connectivity index (χ0v) is 8.14. The van der Waals surface area contributed by atoms with Crippen LogP contribution in [0, 0.1) is 11.3 Å². The molecule has 3 heteroatoms. The van der Waals surface area contributed by atoms with E-state index in [1.165, 1.54) is 0 Å². The van der Waals surface area contributed by atoms with Crippen LogP contribution in [0.5, 0.6) is 0 Å². The highest BCUT2D eigenvalue weighted by Crippen LogP contribution is 2.17. The fourth-order valence-corrected chi connectivity index (χ4v) is 1.28. The zero-order valence-electron chi connectivity index (χ0n) is 7.24. The Balaban J connectivity index is 3.20. The largest absolute Gasteiger partial charge is 0.294 e. The number of hydrogen-bond donors (Lipinski definition) is 1. The average Bonchev–Trinajstić information content (AvgIpc) is 2.17. The van der Waals surface area contributed by atoms with Crippen molar-refractivity contribution < 1.29 is 4.79 Å². The topological polar surface area (TPSA) is 40.9 Å². The number of nitriles is 1. The molecule has 0 atom stereocenters. The lowest BCUT2D eigenvalue weighted by Gasteiger charge is -2.01. The SMILES string of the molecule is CCC(=O)c1cc(C#N)ccc1S. The summed E-state index contributed by atoms with van der Waals surface area (Å²) in [6, 6.07) is 6.88. The summed E-state index contributed by atoms with van der Waals surface area (Å²) in [7, 11) is 0. The summed E-state index contributed by atoms with van der Waals surface area (Å²) in [5.74, 6) is 0.0158. The van der Waals surface area contributed by atoms with Gasteiger partial charge in [-0.25, -0.2) is 0 Å². The summed E-state index contributed by atoms with van der Waals surface area (Å²) in [5.41, 5.74) is 1.03. The lowest BCUT2D eigenvalue weighted by molar-refractivity contribution is 0.0985. The van der Waals surface area contributed by atoms with Crippen molar-refractivity contribution in [1.29, 1.82) is 5.26 Å². The van der Waals surface area contributed by atoms with Crippen molar-refractivity contribution in [3.8, 4) is 6.07 Å². The van der Waals surface area contributed by atoms with Crippen molar-refractivity contribution in [3.63, 3.8) is 0 Å². The molecule has 2 nitrogen and oxygen atoms in total. The first-order chi connectivity index (χ1) is 6.19. The molecule has 1 rings (SSSR count). The second kappa shape index (κ2) is 4.11. The highest BCUT2D eigenvalue weighted by Gasteiger charge is 2.07. The van der Waals surface area contributed by atoms with Gasteiger partial charge in [0.2, 0.25) is 0 Å². The van der Waals surface area contributed by atoms with Crippen molar-refractivity contribution in [3.05, 3.63) is 29.3 Å². The minimum Gasteiger partial charge on any atom is -0.294 e. The minimum atomic E-state index is 0.0158. The summed E-state index contributed by atoms with van der Waals surface area (Å²) in [6.07, 6.45) is 0.433. The molecule has 1 aromatic carbocycles. The van der Waals surface area contributed by atoms with Crippen LogP contribution in [0.15, 0.2) is 23.1 Å². The molecule has 0 aliphatic carbocycles. The number of nitrogens with zero attached hydrogens (tertiary/aromatic N) is 1. The van der Waals surface area contributed by atoms with Crippen molar-refractivity contribution in [2.45, 2.75) is 18.2 Å². The van der Waals surface area contributed by atoms with Gasteiger partial charge in [0.1, 0.15) is 0 Å². The first-order valence-corrected chi connectivity index (χ1v) is 4.40. The Hall–Kier alpha value is -1.27. The van der Waals surface area contributed by atoms with Gasteiger partial charge in [-0.05, 0) is 18.2 Å². The molecular weight excluding hydrogens is 182 g/mol.